The van der Waals surface area contributed by atoms with E-state index in [0.717, 1.165) is 0 Å². The molecule has 0 aliphatic rings. The van der Waals surface area contributed by atoms with E-state index in [9.17, 15) is 9.59 Å². The highest BCUT2D eigenvalue weighted by molar-refractivity contribution is 9.10. The van der Waals surface area contributed by atoms with Gasteiger partial charge in [-0.15, -0.1) is 0 Å². The van der Waals surface area contributed by atoms with Crippen molar-refractivity contribution in [1.82, 2.24) is 0 Å². The van der Waals surface area contributed by atoms with Crippen molar-refractivity contribution in [2.75, 3.05) is 19.5 Å². The second kappa shape index (κ2) is 6.98. The molecule has 0 spiro atoms. The lowest BCUT2D eigenvalue weighted by Crippen LogP contribution is -2.14. The van der Waals surface area contributed by atoms with Crippen LogP contribution in [0.4, 0.5) is 5.69 Å². The van der Waals surface area contributed by atoms with Crippen LogP contribution in [-0.4, -0.2) is 31.2 Å². The number of methoxy groups -OCH3 is 2. The third-order valence-electron chi connectivity index (χ3n) is 2.31. The summed E-state index contributed by atoms with van der Waals surface area (Å²) in [6.07, 6.45) is -0.312. The van der Waals surface area contributed by atoms with Crippen LogP contribution in [0, 0.1) is 0 Å². The molecule has 104 valence electrons. The van der Waals surface area contributed by atoms with E-state index in [4.69, 9.17) is 14.6 Å². The summed E-state index contributed by atoms with van der Waals surface area (Å²) in [6, 6.07) is 3.26. The van der Waals surface area contributed by atoms with E-state index in [2.05, 4.69) is 21.2 Å². The Balaban J connectivity index is 2.85. The zero-order valence-electron chi connectivity index (χ0n) is 10.5. The summed E-state index contributed by atoms with van der Waals surface area (Å²) in [5.41, 5.74) is 0.450. The van der Waals surface area contributed by atoms with Crippen molar-refractivity contribution in [2.24, 2.45) is 0 Å². The van der Waals surface area contributed by atoms with Gasteiger partial charge in [0.05, 0.1) is 30.8 Å². The lowest BCUT2D eigenvalue weighted by atomic mass is 10.2. The quantitative estimate of drug-likeness (QED) is 0.835. The van der Waals surface area contributed by atoms with Gasteiger partial charge < -0.3 is 19.9 Å². The van der Waals surface area contributed by atoms with E-state index in [1.807, 2.05) is 0 Å². The van der Waals surface area contributed by atoms with Gasteiger partial charge in [-0.05, 0) is 22.0 Å². The Morgan fingerprint density at radius 1 is 1.21 bits per heavy atom. The Morgan fingerprint density at radius 3 is 2.37 bits per heavy atom. The van der Waals surface area contributed by atoms with Crippen molar-refractivity contribution in [3.8, 4) is 11.5 Å². The SMILES string of the molecule is COc1cc(OC)c(NC(=O)CCC(=O)O)cc1Br. The number of carboxylic acids is 1. The molecule has 0 saturated heterocycles. The fraction of sp³-hybridized carbons (Fsp3) is 0.333. The van der Waals surface area contributed by atoms with E-state index >= 15 is 0 Å². The van der Waals surface area contributed by atoms with Crippen molar-refractivity contribution in [1.29, 1.82) is 0 Å². The number of hydrogen-bond acceptors (Lipinski definition) is 4. The van der Waals surface area contributed by atoms with Crippen LogP contribution in [0.2, 0.25) is 0 Å². The Labute approximate surface area is 118 Å². The summed E-state index contributed by atoms with van der Waals surface area (Å²) in [5.74, 6) is -0.403. The number of rotatable bonds is 6. The van der Waals surface area contributed by atoms with Crippen LogP contribution >= 0.6 is 15.9 Å². The maximum atomic E-state index is 11.6. The summed E-state index contributed by atoms with van der Waals surface area (Å²) in [4.78, 5) is 22.0. The summed E-state index contributed by atoms with van der Waals surface area (Å²) >= 11 is 3.30. The number of carbonyl (C=O) groups is 2. The number of carbonyl (C=O) groups excluding carboxylic acids is 1. The molecule has 2 N–H and O–H groups in total. The monoisotopic (exact) mass is 331 g/mol. The van der Waals surface area contributed by atoms with Gasteiger partial charge in [-0.25, -0.2) is 0 Å². The molecule has 19 heavy (non-hydrogen) atoms. The number of amides is 1. The summed E-state index contributed by atoms with van der Waals surface area (Å²) in [6.45, 7) is 0. The first kappa shape index (κ1) is 15.3. The Bertz CT molecular complexity index is 489. The predicted molar refractivity (Wildman–Crippen MR) is 72.7 cm³/mol. The van der Waals surface area contributed by atoms with Crippen LogP contribution in [0.15, 0.2) is 16.6 Å². The first-order chi connectivity index (χ1) is 8.97. The van der Waals surface area contributed by atoms with Crippen LogP contribution < -0.4 is 14.8 Å². The number of carboxylic acid groups (broad SMARTS) is 1. The predicted octanol–water partition coefficient (Wildman–Crippen LogP) is 2.27. The van der Waals surface area contributed by atoms with Gasteiger partial charge in [0.1, 0.15) is 11.5 Å². The number of aliphatic carboxylic acids is 1. The fourth-order valence-corrected chi connectivity index (χ4v) is 1.90. The highest BCUT2D eigenvalue weighted by Crippen LogP contribution is 2.36. The van der Waals surface area contributed by atoms with Crippen molar-refractivity contribution in [3.05, 3.63) is 16.6 Å². The van der Waals surface area contributed by atoms with Crippen LogP contribution in [0.1, 0.15) is 12.8 Å². The number of hydrogen-bond donors (Lipinski definition) is 2. The van der Waals surface area contributed by atoms with Gasteiger partial charge in [-0.3, -0.25) is 9.59 Å². The fourth-order valence-electron chi connectivity index (χ4n) is 1.39. The Morgan fingerprint density at radius 2 is 1.84 bits per heavy atom. The average Bonchev–Trinajstić information content (AvgIpc) is 2.36. The lowest BCUT2D eigenvalue weighted by molar-refractivity contribution is -0.138. The molecule has 7 heteroatoms. The van der Waals surface area contributed by atoms with Crippen molar-refractivity contribution >= 4 is 33.5 Å². The topological polar surface area (TPSA) is 84.9 Å². The highest BCUT2D eigenvalue weighted by Gasteiger charge is 2.13. The lowest BCUT2D eigenvalue weighted by Gasteiger charge is -2.13. The van der Waals surface area contributed by atoms with Gasteiger partial charge in [-0.1, -0.05) is 0 Å². The van der Waals surface area contributed by atoms with E-state index in [0.29, 0.717) is 21.7 Å². The smallest absolute Gasteiger partial charge is 0.303 e. The van der Waals surface area contributed by atoms with Crippen molar-refractivity contribution < 1.29 is 24.2 Å². The molecule has 0 aliphatic carbocycles. The molecule has 0 unspecified atom stereocenters. The molecule has 1 aromatic carbocycles. The van der Waals surface area contributed by atoms with Crippen molar-refractivity contribution in [3.63, 3.8) is 0 Å². The molecule has 1 rings (SSSR count). The second-order valence-electron chi connectivity index (χ2n) is 3.63. The second-order valence-corrected chi connectivity index (χ2v) is 4.48. The van der Waals surface area contributed by atoms with Gasteiger partial charge in [0.15, 0.2) is 0 Å². The summed E-state index contributed by atoms with van der Waals surface area (Å²) < 4.78 is 10.9. The molecule has 0 heterocycles. The maximum Gasteiger partial charge on any atom is 0.303 e. The normalized spacial score (nSPS) is 9.84. The molecule has 0 radical (unpaired) electrons. The molecular formula is C12H14BrNO5. The molecule has 1 aromatic rings. The molecule has 0 aliphatic heterocycles. The number of halogens is 1. The van der Waals surface area contributed by atoms with Crippen LogP contribution in [-0.2, 0) is 9.59 Å². The van der Waals surface area contributed by atoms with Gasteiger partial charge in [-0.2, -0.15) is 0 Å². The van der Waals surface area contributed by atoms with Gasteiger partial charge in [0.2, 0.25) is 5.91 Å². The first-order valence-corrected chi connectivity index (χ1v) is 6.20. The molecule has 6 nitrogen and oxygen atoms in total. The molecule has 0 aromatic heterocycles. The largest absolute Gasteiger partial charge is 0.495 e. The minimum atomic E-state index is -1.02. The zero-order valence-corrected chi connectivity index (χ0v) is 12.1. The number of nitrogens with one attached hydrogen (secondary N) is 1. The average molecular weight is 332 g/mol. The molecule has 0 atom stereocenters. The maximum absolute atomic E-state index is 11.6. The van der Waals surface area contributed by atoms with Crippen LogP contribution in [0.5, 0.6) is 11.5 Å². The van der Waals surface area contributed by atoms with E-state index in [1.165, 1.54) is 14.2 Å². The third-order valence-corrected chi connectivity index (χ3v) is 2.93. The van der Waals surface area contributed by atoms with E-state index < -0.39 is 11.9 Å². The minimum Gasteiger partial charge on any atom is -0.495 e. The first-order valence-electron chi connectivity index (χ1n) is 5.41. The summed E-state index contributed by atoms with van der Waals surface area (Å²) in [7, 11) is 2.99. The van der Waals surface area contributed by atoms with Gasteiger partial charge in [0, 0.05) is 12.5 Å². The standard InChI is InChI=1S/C12H14BrNO5/c1-18-9-6-10(19-2)8(5-7(9)13)14-11(15)3-4-12(16)17/h5-6H,3-4H2,1-2H3,(H,14,15)(H,16,17). The number of ether oxygens (including phenoxy) is 2. The molecule has 1 amide bonds. The number of benzene rings is 1. The molecular weight excluding hydrogens is 318 g/mol. The minimum absolute atomic E-state index is 0.0951. The Kier molecular flexibility index (Phi) is 5.62. The van der Waals surface area contributed by atoms with Crippen LogP contribution in [0.25, 0.3) is 0 Å². The van der Waals surface area contributed by atoms with Crippen LogP contribution in [0.3, 0.4) is 0 Å². The number of anilines is 1. The van der Waals surface area contributed by atoms with Gasteiger partial charge in [0.25, 0.3) is 0 Å². The van der Waals surface area contributed by atoms with E-state index in [-0.39, 0.29) is 12.8 Å². The van der Waals surface area contributed by atoms with Gasteiger partial charge >= 0.3 is 5.97 Å². The summed E-state index contributed by atoms with van der Waals surface area (Å²) in [5, 5.41) is 11.1. The third kappa shape index (κ3) is 4.44. The molecule has 0 bridgehead atoms. The van der Waals surface area contributed by atoms with Crippen molar-refractivity contribution in [2.45, 2.75) is 12.8 Å². The zero-order chi connectivity index (χ0) is 14.4. The Hall–Kier alpha value is -1.76. The molecule has 0 saturated carbocycles. The highest BCUT2D eigenvalue weighted by atomic mass is 79.9. The molecule has 0 fully saturated rings. The van der Waals surface area contributed by atoms with E-state index in [1.54, 1.807) is 12.1 Å².